The van der Waals surface area contributed by atoms with Crippen molar-refractivity contribution in [3.05, 3.63) is 29.6 Å². The minimum absolute atomic E-state index is 0.169. The molecule has 0 aliphatic carbocycles. The lowest BCUT2D eigenvalue weighted by atomic mass is 10.1. The maximum Gasteiger partial charge on any atom is 0.321 e. The van der Waals surface area contributed by atoms with Gasteiger partial charge in [0.1, 0.15) is 5.82 Å². The highest BCUT2D eigenvalue weighted by molar-refractivity contribution is 7.88. The number of hydrogen-bond acceptors (Lipinski definition) is 4. The number of benzene rings is 1. The van der Waals surface area contributed by atoms with E-state index in [0.717, 1.165) is 12.3 Å². The zero-order chi connectivity index (χ0) is 17.9. The first-order valence-electron chi connectivity index (χ1n) is 7.25. The second-order valence-electron chi connectivity index (χ2n) is 5.35. The molecular formula is C14H19FN4O4S. The molecule has 8 nitrogen and oxygen atoms in total. The second-order valence-corrected chi connectivity index (χ2v) is 7.34. The van der Waals surface area contributed by atoms with Gasteiger partial charge in [-0.15, -0.1) is 0 Å². The summed E-state index contributed by atoms with van der Waals surface area (Å²) < 4.78 is 37.8. The van der Waals surface area contributed by atoms with Crippen LogP contribution < -0.4 is 10.6 Å². The van der Waals surface area contributed by atoms with Crippen molar-refractivity contribution in [2.45, 2.75) is 0 Å². The number of rotatable bonds is 3. The number of carbonyl (C=O) groups excluding carboxylic acids is 2. The Bertz CT molecular complexity index is 745. The van der Waals surface area contributed by atoms with Crippen molar-refractivity contribution in [2.24, 2.45) is 0 Å². The molecule has 0 radical (unpaired) electrons. The molecule has 1 aliphatic rings. The van der Waals surface area contributed by atoms with Gasteiger partial charge in [-0.3, -0.25) is 4.79 Å². The standard InChI is InChI=1S/C14H19FN4O4S/c1-16-13(20)11-9-10(3-4-12(11)15)17-14(21)18-5-7-19(8-6-18)24(2,22)23/h3-4,9H,5-8H2,1-2H3,(H,16,20)(H,17,21). The average Bonchev–Trinajstić information content (AvgIpc) is 2.55. The molecule has 10 heteroatoms. The van der Waals surface area contributed by atoms with E-state index in [9.17, 15) is 22.4 Å². The van der Waals surface area contributed by atoms with Gasteiger partial charge in [0.05, 0.1) is 11.8 Å². The zero-order valence-corrected chi connectivity index (χ0v) is 14.2. The minimum atomic E-state index is -3.27. The SMILES string of the molecule is CNC(=O)c1cc(NC(=O)N2CCN(S(C)(=O)=O)CC2)ccc1F. The number of urea groups is 1. The summed E-state index contributed by atoms with van der Waals surface area (Å²) in [7, 11) is -1.88. The predicted molar refractivity (Wildman–Crippen MR) is 86.8 cm³/mol. The first kappa shape index (κ1) is 18.1. The van der Waals surface area contributed by atoms with Crippen molar-refractivity contribution in [3.8, 4) is 0 Å². The second kappa shape index (κ2) is 7.14. The van der Waals surface area contributed by atoms with Crippen LogP contribution in [0.4, 0.5) is 14.9 Å². The third-order valence-corrected chi connectivity index (χ3v) is 4.99. The molecule has 0 aromatic heterocycles. The monoisotopic (exact) mass is 358 g/mol. The number of amides is 3. The van der Waals surface area contributed by atoms with Crippen molar-refractivity contribution in [1.82, 2.24) is 14.5 Å². The number of nitrogens with zero attached hydrogens (tertiary/aromatic N) is 2. The molecular weight excluding hydrogens is 339 g/mol. The van der Waals surface area contributed by atoms with Crippen LogP contribution in [0.2, 0.25) is 0 Å². The summed E-state index contributed by atoms with van der Waals surface area (Å²) >= 11 is 0. The Morgan fingerprint density at radius 1 is 1.17 bits per heavy atom. The largest absolute Gasteiger partial charge is 0.355 e. The molecule has 1 aromatic carbocycles. The fraction of sp³-hybridized carbons (Fsp3) is 0.429. The molecule has 1 saturated heterocycles. The zero-order valence-electron chi connectivity index (χ0n) is 13.4. The quantitative estimate of drug-likeness (QED) is 0.811. The van der Waals surface area contributed by atoms with Gasteiger partial charge in [-0.25, -0.2) is 17.6 Å². The van der Waals surface area contributed by atoms with Crippen molar-refractivity contribution >= 4 is 27.6 Å². The van der Waals surface area contributed by atoms with Gasteiger partial charge < -0.3 is 15.5 Å². The molecule has 1 heterocycles. The Morgan fingerprint density at radius 2 is 1.79 bits per heavy atom. The molecule has 0 atom stereocenters. The number of carbonyl (C=O) groups is 2. The Hall–Kier alpha value is -2.20. The summed E-state index contributed by atoms with van der Waals surface area (Å²) in [6.45, 7) is 0.948. The number of halogens is 1. The van der Waals surface area contributed by atoms with Crippen LogP contribution in [0.1, 0.15) is 10.4 Å². The first-order valence-corrected chi connectivity index (χ1v) is 9.10. The lowest BCUT2D eigenvalue weighted by molar-refractivity contribution is 0.0959. The molecule has 0 saturated carbocycles. The smallest absolute Gasteiger partial charge is 0.321 e. The van der Waals surface area contributed by atoms with Crippen molar-refractivity contribution in [1.29, 1.82) is 0 Å². The molecule has 2 N–H and O–H groups in total. The summed E-state index contributed by atoms with van der Waals surface area (Å²) in [6, 6.07) is 3.27. The van der Waals surface area contributed by atoms with E-state index in [1.165, 1.54) is 28.4 Å². The van der Waals surface area contributed by atoms with Crippen LogP contribution in [0.5, 0.6) is 0 Å². The molecule has 0 spiro atoms. The molecule has 0 bridgehead atoms. The van der Waals surface area contributed by atoms with Gasteiger partial charge in [-0.1, -0.05) is 0 Å². The number of hydrogen-bond donors (Lipinski definition) is 2. The summed E-state index contributed by atoms with van der Waals surface area (Å²) in [5, 5.41) is 4.90. The van der Waals surface area contributed by atoms with E-state index in [1.54, 1.807) is 0 Å². The summed E-state index contributed by atoms with van der Waals surface area (Å²) in [5.74, 6) is -1.28. The Balaban J connectivity index is 2.02. The average molecular weight is 358 g/mol. The maximum atomic E-state index is 13.6. The molecule has 24 heavy (non-hydrogen) atoms. The summed E-state index contributed by atoms with van der Waals surface area (Å²) in [5.41, 5.74) is 0.114. The highest BCUT2D eigenvalue weighted by Crippen LogP contribution is 2.16. The first-order chi connectivity index (χ1) is 11.2. The highest BCUT2D eigenvalue weighted by atomic mass is 32.2. The summed E-state index contributed by atoms with van der Waals surface area (Å²) in [4.78, 5) is 25.2. The molecule has 0 unspecified atom stereocenters. The van der Waals surface area contributed by atoms with E-state index in [0.29, 0.717) is 0 Å². The molecule has 1 fully saturated rings. The third-order valence-electron chi connectivity index (χ3n) is 3.68. The molecule has 1 aliphatic heterocycles. The number of nitrogens with one attached hydrogen (secondary N) is 2. The minimum Gasteiger partial charge on any atom is -0.355 e. The van der Waals surface area contributed by atoms with Crippen molar-refractivity contribution in [3.63, 3.8) is 0 Å². The maximum absolute atomic E-state index is 13.6. The van der Waals surface area contributed by atoms with E-state index < -0.39 is 27.8 Å². The van der Waals surface area contributed by atoms with Crippen LogP contribution in [0, 0.1) is 5.82 Å². The van der Waals surface area contributed by atoms with Crippen molar-refractivity contribution < 1.29 is 22.4 Å². The van der Waals surface area contributed by atoms with Crippen LogP contribution in [0.15, 0.2) is 18.2 Å². The van der Waals surface area contributed by atoms with Gasteiger partial charge in [0, 0.05) is 38.9 Å². The van der Waals surface area contributed by atoms with Crippen molar-refractivity contribution in [2.75, 3.05) is 44.8 Å². The summed E-state index contributed by atoms with van der Waals surface area (Å²) in [6.07, 6.45) is 1.13. The van der Waals surface area contributed by atoms with E-state index in [1.807, 2.05) is 0 Å². The van der Waals surface area contributed by atoms with E-state index in [4.69, 9.17) is 0 Å². The molecule has 3 amide bonds. The topological polar surface area (TPSA) is 98.8 Å². The predicted octanol–water partition coefficient (Wildman–Crippen LogP) is 0.294. The number of piperazine rings is 1. The lowest BCUT2D eigenvalue weighted by Crippen LogP contribution is -2.51. The molecule has 1 aromatic rings. The van der Waals surface area contributed by atoms with Crippen LogP contribution >= 0.6 is 0 Å². The molecule has 132 valence electrons. The Labute approximate surface area is 139 Å². The van der Waals surface area contributed by atoms with Crippen LogP contribution in [0.3, 0.4) is 0 Å². The van der Waals surface area contributed by atoms with Gasteiger partial charge in [-0.05, 0) is 18.2 Å². The number of anilines is 1. The normalized spacial score (nSPS) is 15.9. The molecule has 2 rings (SSSR count). The van der Waals surface area contributed by atoms with Gasteiger partial charge >= 0.3 is 6.03 Å². The van der Waals surface area contributed by atoms with Gasteiger partial charge in [0.25, 0.3) is 5.91 Å². The van der Waals surface area contributed by atoms with E-state index >= 15 is 0 Å². The lowest BCUT2D eigenvalue weighted by Gasteiger charge is -2.33. The van der Waals surface area contributed by atoms with Gasteiger partial charge in [-0.2, -0.15) is 4.31 Å². The fourth-order valence-corrected chi connectivity index (χ4v) is 3.16. The fourth-order valence-electron chi connectivity index (χ4n) is 2.34. The van der Waals surface area contributed by atoms with Crippen LogP contribution in [-0.2, 0) is 10.0 Å². The van der Waals surface area contributed by atoms with Gasteiger partial charge in [0.15, 0.2) is 0 Å². The Morgan fingerprint density at radius 3 is 2.33 bits per heavy atom. The van der Waals surface area contributed by atoms with Crippen LogP contribution in [0.25, 0.3) is 0 Å². The Kier molecular flexibility index (Phi) is 5.40. The van der Waals surface area contributed by atoms with Gasteiger partial charge in [0.2, 0.25) is 10.0 Å². The van der Waals surface area contributed by atoms with E-state index in [-0.39, 0.29) is 37.4 Å². The third kappa shape index (κ3) is 4.20. The van der Waals surface area contributed by atoms with Crippen LogP contribution in [-0.4, -0.2) is 69.0 Å². The number of sulfonamides is 1. The highest BCUT2D eigenvalue weighted by Gasteiger charge is 2.26. The van der Waals surface area contributed by atoms with E-state index in [2.05, 4.69) is 10.6 Å².